The molecule has 0 spiro atoms. The fourth-order valence-electron chi connectivity index (χ4n) is 1.40. The molecule has 0 aliphatic rings. The van der Waals surface area contributed by atoms with Crippen molar-refractivity contribution < 1.29 is 14.7 Å². The largest absolute Gasteiger partial charge is 0.477 e. The highest BCUT2D eigenvalue weighted by Crippen LogP contribution is 2.11. The van der Waals surface area contributed by atoms with E-state index < -0.39 is 5.97 Å². The second kappa shape index (κ2) is 4.77. The van der Waals surface area contributed by atoms with E-state index in [-0.39, 0.29) is 11.5 Å². The molecule has 0 aliphatic heterocycles. The van der Waals surface area contributed by atoms with Crippen LogP contribution in [-0.2, 0) is 6.54 Å². The van der Waals surface area contributed by atoms with Gasteiger partial charge in [0.25, 0.3) is 0 Å². The zero-order valence-electron chi connectivity index (χ0n) is 8.99. The number of rotatable bonds is 5. The monoisotopic (exact) mass is 209 g/mol. The number of aromatic carboxylic acids is 1. The lowest BCUT2D eigenvalue weighted by Crippen LogP contribution is -2.07. The topological polar surface area (TPSA) is 59.3 Å². The molecule has 0 bridgehead atoms. The number of aromatic nitrogens is 1. The molecule has 1 rings (SSSR count). The highest BCUT2D eigenvalue weighted by Gasteiger charge is 2.13. The lowest BCUT2D eigenvalue weighted by Gasteiger charge is -2.03. The van der Waals surface area contributed by atoms with Gasteiger partial charge in [-0.1, -0.05) is 13.3 Å². The van der Waals surface area contributed by atoms with Crippen LogP contribution in [0.3, 0.4) is 0 Å². The molecule has 4 nitrogen and oxygen atoms in total. The number of carboxylic acids is 1. The molecule has 1 aromatic heterocycles. The average molecular weight is 209 g/mol. The molecule has 15 heavy (non-hydrogen) atoms. The van der Waals surface area contributed by atoms with Gasteiger partial charge in [0.15, 0.2) is 5.78 Å². The van der Waals surface area contributed by atoms with Crippen LogP contribution in [0.2, 0.25) is 0 Å². The van der Waals surface area contributed by atoms with Crippen LogP contribution in [0, 0.1) is 0 Å². The Hall–Kier alpha value is -1.58. The number of ketones is 1. The fraction of sp³-hybridized carbons (Fsp3) is 0.455. The number of carboxylic acid groups (broad SMARTS) is 1. The molecular formula is C11H15NO3. The van der Waals surface area contributed by atoms with Crippen LogP contribution in [0.25, 0.3) is 0 Å². The highest BCUT2D eigenvalue weighted by atomic mass is 16.4. The molecule has 4 heteroatoms. The van der Waals surface area contributed by atoms with Gasteiger partial charge < -0.3 is 9.67 Å². The summed E-state index contributed by atoms with van der Waals surface area (Å²) in [6.07, 6.45) is 3.51. The molecular weight excluding hydrogens is 194 g/mol. The summed E-state index contributed by atoms with van der Waals surface area (Å²) in [4.78, 5) is 22.0. The Morgan fingerprint density at radius 3 is 2.60 bits per heavy atom. The van der Waals surface area contributed by atoms with E-state index in [2.05, 4.69) is 0 Å². The average Bonchev–Trinajstić information content (AvgIpc) is 2.58. The van der Waals surface area contributed by atoms with Crippen molar-refractivity contribution in [1.82, 2.24) is 4.57 Å². The smallest absolute Gasteiger partial charge is 0.352 e. The molecule has 1 N–H and O–H groups in total. The molecule has 1 aromatic rings. The van der Waals surface area contributed by atoms with Gasteiger partial charge in [-0.15, -0.1) is 0 Å². The zero-order chi connectivity index (χ0) is 11.4. The normalized spacial score (nSPS) is 10.3. The predicted molar refractivity (Wildman–Crippen MR) is 56.3 cm³/mol. The number of nitrogens with zero attached hydrogens (tertiary/aromatic N) is 1. The summed E-state index contributed by atoms with van der Waals surface area (Å²) in [6.45, 7) is 4.12. The first-order chi connectivity index (χ1) is 7.06. The number of hydrogen-bond acceptors (Lipinski definition) is 2. The minimum absolute atomic E-state index is 0.104. The van der Waals surface area contributed by atoms with Gasteiger partial charge in [-0.3, -0.25) is 4.79 Å². The van der Waals surface area contributed by atoms with Crippen molar-refractivity contribution in [1.29, 1.82) is 0 Å². The standard InChI is InChI=1S/C11H15NO3/c1-3-4-5-12-7-9(8(2)13)6-10(12)11(14)15/h6-7H,3-5H2,1-2H3,(H,14,15). The van der Waals surface area contributed by atoms with E-state index >= 15 is 0 Å². The van der Waals surface area contributed by atoms with Gasteiger partial charge >= 0.3 is 5.97 Å². The second-order valence-corrected chi connectivity index (χ2v) is 3.52. The fourth-order valence-corrected chi connectivity index (χ4v) is 1.40. The van der Waals surface area contributed by atoms with Crippen molar-refractivity contribution in [2.75, 3.05) is 0 Å². The van der Waals surface area contributed by atoms with E-state index in [1.165, 1.54) is 13.0 Å². The second-order valence-electron chi connectivity index (χ2n) is 3.52. The molecule has 0 saturated heterocycles. The van der Waals surface area contributed by atoms with Crippen LogP contribution in [0.1, 0.15) is 47.5 Å². The predicted octanol–water partition coefficient (Wildman–Crippen LogP) is 2.19. The van der Waals surface area contributed by atoms with Gasteiger partial charge in [0.1, 0.15) is 5.69 Å². The van der Waals surface area contributed by atoms with Gasteiger partial charge in [-0.05, 0) is 19.4 Å². The van der Waals surface area contributed by atoms with Crippen molar-refractivity contribution in [3.63, 3.8) is 0 Å². The van der Waals surface area contributed by atoms with Gasteiger partial charge in [0.2, 0.25) is 0 Å². The zero-order valence-corrected chi connectivity index (χ0v) is 8.99. The summed E-state index contributed by atoms with van der Waals surface area (Å²) in [5.74, 6) is -1.09. The maximum absolute atomic E-state index is 11.1. The summed E-state index contributed by atoms with van der Waals surface area (Å²) < 4.78 is 1.63. The van der Waals surface area contributed by atoms with E-state index in [0.717, 1.165) is 12.8 Å². The third-order valence-corrected chi connectivity index (χ3v) is 2.27. The van der Waals surface area contributed by atoms with Crippen molar-refractivity contribution >= 4 is 11.8 Å². The minimum atomic E-state index is -0.987. The Kier molecular flexibility index (Phi) is 3.66. The van der Waals surface area contributed by atoms with Crippen LogP contribution >= 0.6 is 0 Å². The maximum Gasteiger partial charge on any atom is 0.352 e. The molecule has 0 aromatic carbocycles. The number of carbonyl (C=O) groups is 2. The Bertz CT molecular complexity index is 379. The molecule has 1 heterocycles. The summed E-state index contributed by atoms with van der Waals surface area (Å²) in [5.41, 5.74) is 0.650. The molecule has 0 amide bonds. The number of Topliss-reactive ketones (excluding diaryl/α,β-unsaturated/α-hetero) is 1. The van der Waals surface area contributed by atoms with Crippen molar-refractivity contribution in [2.45, 2.75) is 33.2 Å². The van der Waals surface area contributed by atoms with E-state index in [1.807, 2.05) is 6.92 Å². The lowest BCUT2D eigenvalue weighted by molar-refractivity contribution is 0.0685. The van der Waals surface area contributed by atoms with Crippen molar-refractivity contribution in [2.24, 2.45) is 0 Å². The quantitative estimate of drug-likeness (QED) is 0.756. The Balaban J connectivity index is 3.00. The molecule has 0 radical (unpaired) electrons. The summed E-state index contributed by atoms with van der Waals surface area (Å²) >= 11 is 0. The van der Waals surface area contributed by atoms with Crippen LogP contribution < -0.4 is 0 Å². The van der Waals surface area contributed by atoms with Crippen LogP contribution in [0.15, 0.2) is 12.3 Å². The summed E-state index contributed by atoms with van der Waals surface area (Å²) in [6, 6.07) is 1.43. The molecule has 0 aliphatic carbocycles. The Labute approximate surface area is 88.5 Å². The number of unbranched alkanes of at least 4 members (excludes halogenated alkanes) is 1. The minimum Gasteiger partial charge on any atom is -0.477 e. The summed E-state index contributed by atoms with van der Waals surface area (Å²) in [5, 5.41) is 8.93. The van der Waals surface area contributed by atoms with Crippen LogP contribution in [-0.4, -0.2) is 21.4 Å². The molecule has 0 saturated carbocycles. The highest BCUT2D eigenvalue weighted by molar-refractivity contribution is 5.97. The van der Waals surface area contributed by atoms with Gasteiger partial charge in [0.05, 0.1) is 0 Å². The molecule has 82 valence electrons. The third-order valence-electron chi connectivity index (χ3n) is 2.27. The third kappa shape index (κ3) is 2.68. The number of hydrogen-bond donors (Lipinski definition) is 1. The van der Waals surface area contributed by atoms with E-state index in [4.69, 9.17) is 5.11 Å². The van der Waals surface area contributed by atoms with E-state index in [1.54, 1.807) is 10.8 Å². The van der Waals surface area contributed by atoms with Crippen molar-refractivity contribution in [3.8, 4) is 0 Å². The van der Waals surface area contributed by atoms with Gasteiger partial charge in [-0.25, -0.2) is 4.79 Å². The first-order valence-corrected chi connectivity index (χ1v) is 5.00. The first kappa shape index (κ1) is 11.5. The van der Waals surface area contributed by atoms with Gasteiger partial charge in [-0.2, -0.15) is 0 Å². The van der Waals surface area contributed by atoms with Crippen molar-refractivity contribution in [3.05, 3.63) is 23.5 Å². The molecule has 0 unspecified atom stereocenters. The summed E-state index contributed by atoms with van der Waals surface area (Å²) in [7, 11) is 0. The van der Waals surface area contributed by atoms with E-state index in [9.17, 15) is 9.59 Å². The molecule has 0 fully saturated rings. The van der Waals surface area contributed by atoms with Gasteiger partial charge in [0, 0.05) is 18.3 Å². The van der Waals surface area contributed by atoms with E-state index in [0.29, 0.717) is 12.1 Å². The Morgan fingerprint density at radius 2 is 2.13 bits per heavy atom. The first-order valence-electron chi connectivity index (χ1n) is 5.00. The van der Waals surface area contributed by atoms with Crippen LogP contribution in [0.4, 0.5) is 0 Å². The number of carbonyl (C=O) groups excluding carboxylic acids is 1. The number of aryl methyl sites for hydroxylation is 1. The van der Waals surface area contributed by atoms with Crippen LogP contribution in [0.5, 0.6) is 0 Å². The maximum atomic E-state index is 11.1. The SMILES string of the molecule is CCCCn1cc(C(C)=O)cc1C(=O)O. The lowest BCUT2D eigenvalue weighted by atomic mass is 10.2. The Morgan fingerprint density at radius 1 is 1.47 bits per heavy atom. The molecule has 0 atom stereocenters.